The number of benzene rings is 7. The second kappa shape index (κ2) is 10.2. The molecule has 0 amide bonds. The molecule has 4 nitrogen and oxygen atoms in total. The Kier molecular flexibility index (Phi) is 5.78. The van der Waals surface area contributed by atoms with Crippen molar-refractivity contribution in [1.82, 2.24) is 4.98 Å². The lowest BCUT2D eigenvalue weighted by molar-refractivity contribution is 0.620. The fourth-order valence-electron chi connectivity index (χ4n) is 6.41. The molecule has 0 atom stereocenters. The minimum absolute atomic E-state index is 0.582. The van der Waals surface area contributed by atoms with Crippen LogP contribution < -0.4 is 4.90 Å². The van der Waals surface area contributed by atoms with Crippen molar-refractivity contribution >= 4 is 60.9 Å². The number of hydrogen-bond acceptors (Lipinski definition) is 4. The van der Waals surface area contributed by atoms with Crippen LogP contribution in [-0.2, 0) is 0 Å². The van der Waals surface area contributed by atoms with Crippen LogP contribution in [0.2, 0.25) is 0 Å². The smallest absolute Gasteiger partial charge is 0.228 e. The Hall–Kier alpha value is -6.13. The first-order valence-corrected chi connectivity index (χ1v) is 15.0. The molecule has 0 bridgehead atoms. The molecule has 0 aliphatic rings. The van der Waals surface area contributed by atoms with Gasteiger partial charge in [-0.25, -0.2) is 4.98 Å². The van der Waals surface area contributed by atoms with Crippen LogP contribution in [0.5, 0.6) is 0 Å². The fourth-order valence-corrected chi connectivity index (χ4v) is 6.41. The average molecular weight is 579 g/mol. The number of rotatable bonds is 5. The van der Waals surface area contributed by atoms with Crippen LogP contribution in [0.1, 0.15) is 0 Å². The van der Waals surface area contributed by atoms with E-state index in [9.17, 15) is 0 Å². The zero-order valence-electron chi connectivity index (χ0n) is 24.2. The summed E-state index contributed by atoms with van der Waals surface area (Å²) >= 11 is 0. The van der Waals surface area contributed by atoms with E-state index in [1.165, 1.54) is 21.9 Å². The van der Waals surface area contributed by atoms with Gasteiger partial charge < -0.3 is 13.7 Å². The van der Waals surface area contributed by atoms with Crippen LogP contribution in [0.3, 0.4) is 0 Å². The van der Waals surface area contributed by atoms with Crippen LogP contribution >= 0.6 is 0 Å². The Morgan fingerprint density at radius 1 is 0.444 bits per heavy atom. The molecule has 2 heterocycles. The van der Waals surface area contributed by atoms with Gasteiger partial charge in [-0.05, 0) is 88.6 Å². The maximum Gasteiger partial charge on any atom is 0.228 e. The zero-order valence-corrected chi connectivity index (χ0v) is 24.2. The summed E-state index contributed by atoms with van der Waals surface area (Å²) in [4.78, 5) is 7.09. The summed E-state index contributed by atoms with van der Waals surface area (Å²) in [6.45, 7) is 0. The van der Waals surface area contributed by atoms with Gasteiger partial charge in [0.05, 0.1) is 0 Å². The molecule has 0 radical (unpaired) electrons. The Balaban J connectivity index is 1.20. The Morgan fingerprint density at radius 3 is 2.02 bits per heavy atom. The van der Waals surface area contributed by atoms with Gasteiger partial charge in [0.1, 0.15) is 16.7 Å². The molecular weight excluding hydrogens is 552 g/mol. The first kappa shape index (κ1) is 25.4. The van der Waals surface area contributed by atoms with E-state index in [0.717, 1.165) is 55.7 Å². The van der Waals surface area contributed by atoms with Gasteiger partial charge in [0.25, 0.3) is 0 Å². The Labute approximate surface area is 259 Å². The number of nitrogens with zero attached hydrogens (tertiary/aromatic N) is 2. The molecule has 9 aromatic rings. The number of para-hydroxylation sites is 3. The summed E-state index contributed by atoms with van der Waals surface area (Å²) in [6.07, 6.45) is 0. The van der Waals surface area contributed by atoms with Crippen molar-refractivity contribution in [3.8, 4) is 22.6 Å². The highest BCUT2D eigenvalue weighted by Crippen LogP contribution is 2.42. The number of oxazole rings is 1. The van der Waals surface area contributed by atoms with Crippen molar-refractivity contribution < 1.29 is 8.83 Å². The maximum absolute atomic E-state index is 6.35. The lowest BCUT2D eigenvalue weighted by Gasteiger charge is -2.25. The molecule has 0 aliphatic carbocycles. The van der Waals surface area contributed by atoms with E-state index in [1.807, 2.05) is 42.5 Å². The molecule has 45 heavy (non-hydrogen) atoms. The van der Waals surface area contributed by atoms with Gasteiger partial charge in [-0.1, -0.05) is 91.0 Å². The first-order valence-electron chi connectivity index (χ1n) is 15.0. The van der Waals surface area contributed by atoms with E-state index in [1.54, 1.807) is 0 Å². The summed E-state index contributed by atoms with van der Waals surface area (Å²) in [5, 5.41) is 4.48. The predicted molar refractivity (Wildman–Crippen MR) is 184 cm³/mol. The SMILES string of the molecule is c1ccc(N(c2ccc(-c3cccc4ccccc34)cc2)c2ccc3oc4cccc(-c5nc6ccccc6o5)c4c3c2)cc1. The maximum atomic E-state index is 6.35. The van der Waals surface area contributed by atoms with E-state index >= 15 is 0 Å². The predicted octanol–water partition coefficient (Wildman–Crippen LogP) is 11.7. The fraction of sp³-hybridized carbons (Fsp3) is 0. The van der Waals surface area contributed by atoms with Crippen molar-refractivity contribution in [2.75, 3.05) is 4.90 Å². The van der Waals surface area contributed by atoms with Gasteiger partial charge in [-0.15, -0.1) is 0 Å². The number of fused-ring (bicyclic) bond motifs is 5. The van der Waals surface area contributed by atoms with Gasteiger partial charge in [0.15, 0.2) is 5.58 Å². The van der Waals surface area contributed by atoms with Gasteiger partial charge in [-0.3, -0.25) is 0 Å². The molecule has 0 saturated carbocycles. The minimum Gasteiger partial charge on any atom is -0.456 e. The third-order valence-electron chi connectivity index (χ3n) is 8.50. The standard InChI is InChI=1S/C41H26N2O2/c1-2-12-29(13-3-1)43(30-22-20-28(21-23-30)33-15-8-11-27-10-4-5-14-32(27)33)31-24-25-37-35(26-31)40-34(16-9-19-39(40)44-37)41-42-36-17-6-7-18-38(36)45-41/h1-26H. The summed E-state index contributed by atoms with van der Waals surface area (Å²) in [5.74, 6) is 0.582. The van der Waals surface area contributed by atoms with E-state index in [2.05, 4.69) is 120 Å². The lowest BCUT2D eigenvalue weighted by Crippen LogP contribution is -2.09. The van der Waals surface area contributed by atoms with E-state index in [4.69, 9.17) is 13.8 Å². The molecule has 0 fully saturated rings. The molecule has 7 aromatic carbocycles. The van der Waals surface area contributed by atoms with Gasteiger partial charge in [-0.2, -0.15) is 0 Å². The van der Waals surface area contributed by atoms with Crippen molar-refractivity contribution in [3.63, 3.8) is 0 Å². The molecule has 4 heteroatoms. The highest BCUT2D eigenvalue weighted by Gasteiger charge is 2.19. The molecule has 0 aliphatic heterocycles. The highest BCUT2D eigenvalue weighted by atomic mass is 16.3. The summed E-state index contributed by atoms with van der Waals surface area (Å²) < 4.78 is 12.6. The normalized spacial score (nSPS) is 11.6. The first-order chi connectivity index (χ1) is 22.3. The van der Waals surface area contributed by atoms with Crippen LogP contribution in [0, 0.1) is 0 Å². The summed E-state index contributed by atoms with van der Waals surface area (Å²) in [6, 6.07) is 54.6. The summed E-state index contributed by atoms with van der Waals surface area (Å²) in [7, 11) is 0. The average Bonchev–Trinajstić information content (AvgIpc) is 3.71. The zero-order chi connectivity index (χ0) is 29.7. The van der Waals surface area contributed by atoms with Crippen molar-refractivity contribution in [3.05, 3.63) is 158 Å². The van der Waals surface area contributed by atoms with Crippen LogP contribution in [-0.4, -0.2) is 4.98 Å². The van der Waals surface area contributed by atoms with E-state index in [0.29, 0.717) is 5.89 Å². The molecular formula is C41H26N2O2. The third kappa shape index (κ3) is 4.27. The number of hydrogen-bond donors (Lipinski definition) is 0. The molecule has 0 spiro atoms. The van der Waals surface area contributed by atoms with Crippen LogP contribution in [0.15, 0.2) is 167 Å². The third-order valence-corrected chi connectivity index (χ3v) is 8.50. The number of aromatic nitrogens is 1. The molecule has 212 valence electrons. The second-order valence-corrected chi connectivity index (χ2v) is 11.2. The second-order valence-electron chi connectivity index (χ2n) is 11.2. The minimum atomic E-state index is 0.582. The van der Waals surface area contributed by atoms with Crippen molar-refractivity contribution in [2.45, 2.75) is 0 Å². The van der Waals surface area contributed by atoms with E-state index in [-0.39, 0.29) is 0 Å². The van der Waals surface area contributed by atoms with E-state index < -0.39 is 0 Å². The molecule has 2 aromatic heterocycles. The number of anilines is 3. The quantitative estimate of drug-likeness (QED) is 0.204. The molecule has 9 rings (SSSR count). The molecule has 0 saturated heterocycles. The number of furan rings is 1. The largest absolute Gasteiger partial charge is 0.456 e. The lowest BCUT2D eigenvalue weighted by atomic mass is 9.98. The highest BCUT2D eigenvalue weighted by molar-refractivity contribution is 6.13. The van der Waals surface area contributed by atoms with Gasteiger partial charge in [0, 0.05) is 33.4 Å². The Bertz CT molecular complexity index is 2450. The van der Waals surface area contributed by atoms with Crippen molar-refractivity contribution in [1.29, 1.82) is 0 Å². The van der Waals surface area contributed by atoms with Crippen molar-refractivity contribution in [2.24, 2.45) is 0 Å². The van der Waals surface area contributed by atoms with Gasteiger partial charge in [0.2, 0.25) is 5.89 Å². The topological polar surface area (TPSA) is 42.4 Å². The van der Waals surface area contributed by atoms with Crippen LogP contribution in [0.25, 0.3) is 66.4 Å². The molecule has 0 N–H and O–H groups in total. The van der Waals surface area contributed by atoms with Gasteiger partial charge >= 0.3 is 0 Å². The monoisotopic (exact) mass is 578 g/mol. The van der Waals surface area contributed by atoms with Crippen LogP contribution in [0.4, 0.5) is 17.1 Å². The molecule has 0 unspecified atom stereocenters. The Morgan fingerprint density at radius 2 is 1.13 bits per heavy atom. The summed E-state index contributed by atoms with van der Waals surface area (Å²) in [5.41, 5.74) is 9.70.